The molecule has 48 heavy (non-hydrogen) atoms. The second-order valence-corrected chi connectivity index (χ2v) is 16.4. The van der Waals surface area contributed by atoms with Gasteiger partial charge in [0.05, 0.1) is 0 Å². The summed E-state index contributed by atoms with van der Waals surface area (Å²) in [4.78, 5) is -3.86. The molecule has 0 amide bonds. The van der Waals surface area contributed by atoms with Gasteiger partial charge < -0.3 is 20.4 Å². The van der Waals surface area contributed by atoms with E-state index in [1.165, 1.54) is 0 Å². The van der Waals surface area contributed by atoms with Crippen molar-refractivity contribution < 1.29 is 72.3 Å². The fourth-order valence-corrected chi connectivity index (χ4v) is 9.84. The van der Waals surface area contributed by atoms with Crippen molar-refractivity contribution in [1.82, 2.24) is 0 Å². The second-order valence-electron chi connectivity index (χ2n) is 11.0. The number of fused-ring (bicyclic) bond motifs is 8. The predicted molar refractivity (Wildman–Crippen MR) is 163 cm³/mol. The first-order chi connectivity index (χ1) is 21.9. The van der Waals surface area contributed by atoms with Gasteiger partial charge in [-0.05, 0) is 93.0 Å². The van der Waals surface area contributed by atoms with E-state index in [4.69, 9.17) is 0 Å². The van der Waals surface area contributed by atoms with Crippen LogP contribution in [0.15, 0.2) is 68.1 Å². The maximum atomic E-state index is 12.8. The molecule has 0 spiro atoms. The van der Waals surface area contributed by atoms with E-state index in [2.05, 4.69) is 0 Å². The molecule has 0 heterocycles. The van der Waals surface area contributed by atoms with Gasteiger partial charge in [0, 0.05) is 25.7 Å². The molecule has 0 aliphatic heterocycles. The lowest BCUT2D eigenvalue weighted by atomic mass is 9.92. The quantitative estimate of drug-likeness (QED) is 0.122. The van der Waals surface area contributed by atoms with Crippen molar-refractivity contribution in [2.45, 2.75) is 45.3 Å². The third-order valence-electron chi connectivity index (χ3n) is 7.47. The standard InChI is InChI=1S/C28H24O16S4/c29-21-5-13-1-14-6-22(30)8-16(26(14)46(36,37)38)3-18-10-24(32)12-20(28(18)48(42,43)44)4-19-11-23(31)9-17(27(19)47(39,40)41)2-15(7-21)25(13)45(33,34)35/h5-12,29-32H,1-4H2,(H,33,34,35)(H,36,37,38)(H,39,40,41)(H,42,43,44). The number of benzene rings is 4. The molecule has 1 aliphatic carbocycles. The van der Waals surface area contributed by atoms with E-state index >= 15 is 0 Å². The Labute approximate surface area is 273 Å². The maximum absolute atomic E-state index is 12.8. The monoisotopic (exact) mass is 744 g/mol. The number of aromatic hydroxyl groups is 4. The topological polar surface area (TPSA) is 298 Å². The van der Waals surface area contributed by atoms with Gasteiger partial charge in [-0.25, -0.2) is 0 Å². The minimum absolute atomic E-state index is 0.534. The summed E-state index contributed by atoms with van der Waals surface area (Å²) in [6.07, 6.45) is -3.50. The van der Waals surface area contributed by atoms with Crippen LogP contribution in [0.3, 0.4) is 0 Å². The molecule has 16 nitrogen and oxygen atoms in total. The van der Waals surface area contributed by atoms with Crippen molar-refractivity contribution in [3.05, 3.63) is 93.0 Å². The van der Waals surface area contributed by atoms with Crippen LogP contribution in [0.4, 0.5) is 0 Å². The van der Waals surface area contributed by atoms with E-state index in [0.29, 0.717) is 0 Å². The maximum Gasteiger partial charge on any atom is 0.295 e. The second kappa shape index (κ2) is 11.7. The summed E-state index contributed by atoms with van der Waals surface area (Å²) in [7, 11) is -21.2. The van der Waals surface area contributed by atoms with Crippen LogP contribution in [-0.4, -0.2) is 72.3 Å². The van der Waals surface area contributed by atoms with E-state index in [-0.39, 0.29) is 0 Å². The molecule has 4 aromatic carbocycles. The molecule has 8 N–H and O–H groups in total. The van der Waals surface area contributed by atoms with Crippen molar-refractivity contribution in [3.8, 4) is 23.0 Å². The highest BCUT2D eigenvalue weighted by molar-refractivity contribution is 7.86. The van der Waals surface area contributed by atoms with E-state index in [0.717, 1.165) is 48.5 Å². The van der Waals surface area contributed by atoms with Crippen molar-refractivity contribution in [3.63, 3.8) is 0 Å². The normalized spacial score (nSPS) is 14.1. The Morgan fingerprint density at radius 2 is 0.438 bits per heavy atom. The largest absolute Gasteiger partial charge is 0.508 e. The first-order valence-corrected chi connectivity index (χ1v) is 19.0. The Balaban J connectivity index is 2.03. The van der Waals surface area contributed by atoms with Crippen LogP contribution in [0.2, 0.25) is 0 Å². The molecule has 20 heteroatoms. The van der Waals surface area contributed by atoms with E-state index < -0.39 is 153 Å². The summed E-state index contributed by atoms with van der Waals surface area (Å²) in [5.41, 5.74) is -4.27. The van der Waals surface area contributed by atoms with Crippen molar-refractivity contribution >= 4 is 40.5 Å². The Kier molecular flexibility index (Phi) is 8.54. The summed E-state index contributed by atoms with van der Waals surface area (Å²) in [6.45, 7) is 0. The Hall–Kier alpha value is -4.28. The van der Waals surface area contributed by atoms with Gasteiger partial charge in [0.2, 0.25) is 0 Å². The van der Waals surface area contributed by atoms with Crippen LogP contribution in [0.1, 0.15) is 44.5 Å². The van der Waals surface area contributed by atoms with Gasteiger partial charge in [-0.2, -0.15) is 33.7 Å². The molecule has 0 fully saturated rings. The molecular weight excluding hydrogens is 721 g/mol. The third kappa shape index (κ3) is 6.96. The van der Waals surface area contributed by atoms with Crippen LogP contribution in [-0.2, 0) is 66.2 Å². The summed E-state index contributed by atoms with van der Waals surface area (Å²) in [6, 6.07) is 6.36. The van der Waals surface area contributed by atoms with Crippen molar-refractivity contribution in [2.75, 3.05) is 0 Å². The lowest BCUT2D eigenvalue weighted by Crippen LogP contribution is -2.15. The molecule has 4 aromatic rings. The zero-order valence-corrected chi connectivity index (χ0v) is 27.2. The number of phenols is 4. The van der Waals surface area contributed by atoms with Crippen LogP contribution in [0.5, 0.6) is 23.0 Å². The Morgan fingerprint density at radius 1 is 0.312 bits per heavy atom. The summed E-state index contributed by atoms with van der Waals surface area (Å²) >= 11 is 0. The Morgan fingerprint density at radius 3 is 0.542 bits per heavy atom. The van der Waals surface area contributed by atoms with Gasteiger partial charge >= 0.3 is 0 Å². The Bertz CT molecular complexity index is 2040. The van der Waals surface area contributed by atoms with Gasteiger partial charge in [0.25, 0.3) is 40.5 Å². The molecule has 8 bridgehead atoms. The molecule has 0 saturated carbocycles. The van der Waals surface area contributed by atoms with Gasteiger partial charge in [0.1, 0.15) is 42.6 Å². The molecule has 1 aliphatic rings. The summed E-state index contributed by atoms with van der Waals surface area (Å²) in [5, 5.41) is 42.2. The third-order valence-corrected chi connectivity index (χ3v) is 11.6. The molecule has 0 atom stereocenters. The van der Waals surface area contributed by atoms with Gasteiger partial charge in [-0.15, -0.1) is 0 Å². The number of hydrogen-bond donors (Lipinski definition) is 8. The highest BCUT2D eigenvalue weighted by Crippen LogP contribution is 2.39. The fraction of sp³-hybridized carbons (Fsp3) is 0.143. The van der Waals surface area contributed by atoms with Gasteiger partial charge in [-0.3, -0.25) is 18.2 Å². The van der Waals surface area contributed by atoms with E-state index in [1.54, 1.807) is 0 Å². The minimum atomic E-state index is -5.31. The average Bonchev–Trinajstić information content (AvgIpc) is 2.83. The zero-order chi connectivity index (χ0) is 35.7. The van der Waals surface area contributed by atoms with Crippen LogP contribution >= 0.6 is 0 Å². The van der Waals surface area contributed by atoms with Gasteiger partial charge in [-0.1, -0.05) is 0 Å². The molecule has 0 aromatic heterocycles. The van der Waals surface area contributed by atoms with Crippen LogP contribution in [0.25, 0.3) is 0 Å². The van der Waals surface area contributed by atoms with Crippen LogP contribution < -0.4 is 0 Å². The molecule has 5 rings (SSSR count). The smallest absolute Gasteiger partial charge is 0.295 e. The van der Waals surface area contributed by atoms with E-state index in [1.807, 2.05) is 0 Å². The van der Waals surface area contributed by atoms with Crippen molar-refractivity contribution in [1.29, 1.82) is 0 Å². The van der Waals surface area contributed by atoms with Crippen LogP contribution in [0, 0.1) is 0 Å². The lowest BCUT2D eigenvalue weighted by Gasteiger charge is -2.21. The number of rotatable bonds is 4. The first-order valence-electron chi connectivity index (χ1n) is 13.2. The minimum Gasteiger partial charge on any atom is -0.508 e. The first kappa shape index (κ1) is 35.0. The predicted octanol–water partition coefficient (Wildman–Crippen LogP) is 2.17. The van der Waals surface area contributed by atoms with Crippen molar-refractivity contribution in [2.24, 2.45) is 0 Å². The highest BCUT2D eigenvalue weighted by atomic mass is 32.2. The molecular formula is C28H24O16S4. The molecule has 0 unspecified atom stereocenters. The molecule has 0 radical (unpaired) electrons. The molecule has 256 valence electrons. The summed E-state index contributed by atoms with van der Waals surface area (Å²) in [5.74, 6) is -2.72. The number of hydrogen-bond acceptors (Lipinski definition) is 12. The van der Waals surface area contributed by atoms with Gasteiger partial charge in [0.15, 0.2) is 0 Å². The van der Waals surface area contributed by atoms with E-state index in [9.17, 15) is 72.3 Å². The average molecular weight is 745 g/mol. The fourth-order valence-electron chi connectivity index (χ4n) is 6.14. The lowest BCUT2D eigenvalue weighted by molar-refractivity contribution is 0.468. The number of phenolic OH excluding ortho intramolecular Hbond substituents is 4. The summed E-state index contributed by atoms with van der Waals surface area (Å²) < 4.78 is 143. The molecule has 0 saturated heterocycles. The zero-order valence-electron chi connectivity index (χ0n) is 23.9. The SMILES string of the molecule is O=S(=O)(O)c1c2cc(O)cc1Cc1cc(O)cc(c1S(=O)(=O)O)Cc1cc(O)cc(c1S(=O)(=O)O)Cc1cc(O)cc(c1S(=O)(=O)O)C2. The highest BCUT2D eigenvalue weighted by Gasteiger charge is 2.32.